The molecule has 0 aliphatic carbocycles. The molecule has 2 rings (SSSR count). The summed E-state index contributed by atoms with van der Waals surface area (Å²) < 4.78 is 27.8. The number of para-hydroxylation sites is 1. The summed E-state index contributed by atoms with van der Waals surface area (Å²) in [6, 6.07) is 13.8. The smallest absolute Gasteiger partial charge is 0.264 e. The van der Waals surface area contributed by atoms with Crippen LogP contribution in [0.2, 0.25) is 0 Å². The molecule has 28 heavy (non-hydrogen) atoms. The highest BCUT2D eigenvalue weighted by Crippen LogP contribution is 2.26. The van der Waals surface area contributed by atoms with Crippen molar-refractivity contribution in [2.45, 2.75) is 25.2 Å². The van der Waals surface area contributed by atoms with Gasteiger partial charge in [-0.25, -0.2) is 8.42 Å². The number of carbonyl (C=O) groups excluding carboxylic acids is 1. The fourth-order valence-corrected chi connectivity index (χ4v) is 4.28. The SMILES string of the molecule is Cc1ccc(S(=O)(=O)N(CC(=O)NCCCN(C)C)c2ccccc2C)cc1. The van der Waals surface area contributed by atoms with Gasteiger partial charge < -0.3 is 10.2 Å². The number of nitrogens with one attached hydrogen (secondary N) is 1. The highest BCUT2D eigenvalue weighted by atomic mass is 32.2. The number of hydrogen-bond acceptors (Lipinski definition) is 4. The number of benzene rings is 2. The van der Waals surface area contributed by atoms with Crippen molar-refractivity contribution >= 4 is 21.6 Å². The Labute approximate surface area is 168 Å². The zero-order valence-electron chi connectivity index (χ0n) is 17.0. The molecule has 1 N–H and O–H groups in total. The summed E-state index contributed by atoms with van der Waals surface area (Å²) in [5.74, 6) is -0.322. The molecule has 0 aromatic heterocycles. The Morgan fingerprint density at radius 2 is 1.64 bits per heavy atom. The second-order valence-electron chi connectivity index (χ2n) is 7.12. The van der Waals surface area contributed by atoms with Crippen molar-refractivity contribution in [3.63, 3.8) is 0 Å². The maximum absolute atomic E-state index is 13.3. The van der Waals surface area contributed by atoms with E-state index in [0.717, 1.165) is 24.1 Å². The molecule has 0 saturated carbocycles. The van der Waals surface area contributed by atoms with E-state index < -0.39 is 10.0 Å². The Morgan fingerprint density at radius 1 is 1.00 bits per heavy atom. The fourth-order valence-electron chi connectivity index (χ4n) is 2.79. The zero-order valence-corrected chi connectivity index (χ0v) is 17.8. The number of anilines is 1. The molecule has 0 fully saturated rings. The Balaban J connectivity index is 2.27. The lowest BCUT2D eigenvalue weighted by atomic mass is 10.2. The zero-order chi connectivity index (χ0) is 20.7. The van der Waals surface area contributed by atoms with E-state index in [9.17, 15) is 13.2 Å². The van der Waals surface area contributed by atoms with Gasteiger partial charge in [-0.2, -0.15) is 0 Å². The standard InChI is InChI=1S/C21H29N3O3S/c1-17-10-12-19(13-11-17)28(26,27)24(20-9-6-5-8-18(20)2)16-21(25)22-14-7-15-23(3)4/h5-6,8-13H,7,14-16H2,1-4H3,(H,22,25). The van der Waals surface area contributed by atoms with E-state index in [1.165, 1.54) is 4.31 Å². The predicted octanol–water partition coefficient (Wildman–Crippen LogP) is 2.57. The lowest BCUT2D eigenvalue weighted by molar-refractivity contribution is -0.119. The van der Waals surface area contributed by atoms with Gasteiger partial charge in [-0.1, -0.05) is 35.9 Å². The largest absolute Gasteiger partial charge is 0.354 e. The van der Waals surface area contributed by atoms with Gasteiger partial charge in [0.15, 0.2) is 0 Å². The van der Waals surface area contributed by atoms with E-state index in [2.05, 4.69) is 5.32 Å². The van der Waals surface area contributed by atoms with Crippen molar-refractivity contribution in [2.24, 2.45) is 0 Å². The normalized spacial score (nSPS) is 11.5. The maximum atomic E-state index is 13.3. The molecule has 0 aliphatic rings. The average molecular weight is 404 g/mol. The number of carbonyl (C=O) groups is 1. The van der Waals surface area contributed by atoms with Gasteiger partial charge in [0.2, 0.25) is 5.91 Å². The van der Waals surface area contributed by atoms with Gasteiger partial charge in [-0.3, -0.25) is 9.10 Å². The number of nitrogens with zero attached hydrogens (tertiary/aromatic N) is 2. The molecule has 0 bridgehead atoms. The predicted molar refractivity (Wildman–Crippen MR) is 113 cm³/mol. The van der Waals surface area contributed by atoms with Crippen LogP contribution in [-0.2, 0) is 14.8 Å². The monoisotopic (exact) mass is 403 g/mol. The Bertz CT molecular complexity index is 893. The van der Waals surface area contributed by atoms with Crippen molar-refractivity contribution in [1.82, 2.24) is 10.2 Å². The van der Waals surface area contributed by atoms with Crippen LogP contribution in [0.4, 0.5) is 5.69 Å². The van der Waals surface area contributed by atoms with Crippen molar-refractivity contribution in [3.8, 4) is 0 Å². The van der Waals surface area contributed by atoms with Crippen LogP contribution >= 0.6 is 0 Å². The van der Waals surface area contributed by atoms with Crippen molar-refractivity contribution in [3.05, 3.63) is 59.7 Å². The minimum Gasteiger partial charge on any atom is -0.354 e. The summed E-state index contributed by atoms with van der Waals surface area (Å²) >= 11 is 0. The number of amides is 1. The van der Waals surface area contributed by atoms with E-state index in [-0.39, 0.29) is 17.3 Å². The highest BCUT2D eigenvalue weighted by Gasteiger charge is 2.28. The van der Waals surface area contributed by atoms with Crippen LogP contribution < -0.4 is 9.62 Å². The van der Waals surface area contributed by atoms with Crippen molar-refractivity contribution < 1.29 is 13.2 Å². The fraction of sp³-hybridized carbons (Fsp3) is 0.381. The molecule has 2 aromatic rings. The molecule has 0 spiro atoms. The molecule has 0 unspecified atom stereocenters. The quantitative estimate of drug-likeness (QED) is 0.654. The first-order valence-corrected chi connectivity index (χ1v) is 10.7. The number of sulfonamides is 1. The molecular weight excluding hydrogens is 374 g/mol. The van der Waals surface area contributed by atoms with Crippen LogP contribution in [-0.4, -0.2) is 53.0 Å². The third-order valence-corrected chi connectivity index (χ3v) is 6.16. The van der Waals surface area contributed by atoms with Crippen LogP contribution in [0, 0.1) is 13.8 Å². The van der Waals surface area contributed by atoms with E-state index in [1.54, 1.807) is 36.4 Å². The summed E-state index contributed by atoms with van der Waals surface area (Å²) in [6.45, 7) is 4.83. The summed E-state index contributed by atoms with van der Waals surface area (Å²) in [5.41, 5.74) is 2.27. The highest BCUT2D eigenvalue weighted by molar-refractivity contribution is 7.92. The molecule has 2 aromatic carbocycles. The molecule has 0 aliphatic heterocycles. The molecular formula is C21H29N3O3S. The number of rotatable bonds is 9. The number of hydrogen-bond donors (Lipinski definition) is 1. The lowest BCUT2D eigenvalue weighted by Crippen LogP contribution is -2.41. The molecule has 0 saturated heterocycles. The van der Waals surface area contributed by atoms with Crippen LogP contribution in [0.5, 0.6) is 0 Å². The molecule has 7 heteroatoms. The molecule has 0 atom stereocenters. The van der Waals surface area contributed by atoms with E-state index in [0.29, 0.717) is 12.2 Å². The summed E-state index contributed by atoms with van der Waals surface area (Å²) in [4.78, 5) is 14.7. The third-order valence-electron chi connectivity index (χ3n) is 4.38. The summed E-state index contributed by atoms with van der Waals surface area (Å²) in [6.07, 6.45) is 0.799. The topological polar surface area (TPSA) is 69.7 Å². The summed E-state index contributed by atoms with van der Waals surface area (Å²) in [7, 11) is 0.0681. The van der Waals surface area contributed by atoms with Gasteiger partial charge in [0.05, 0.1) is 10.6 Å². The molecule has 1 amide bonds. The van der Waals surface area contributed by atoms with Crippen molar-refractivity contribution in [1.29, 1.82) is 0 Å². The van der Waals surface area contributed by atoms with Gasteiger partial charge >= 0.3 is 0 Å². The molecule has 0 radical (unpaired) electrons. The minimum atomic E-state index is -3.87. The third kappa shape index (κ3) is 5.81. The Kier molecular flexibility index (Phi) is 7.60. The van der Waals surface area contributed by atoms with Crippen molar-refractivity contribution in [2.75, 3.05) is 38.0 Å². The molecule has 6 nitrogen and oxygen atoms in total. The minimum absolute atomic E-state index is 0.168. The first-order valence-electron chi connectivity index (χ1n) is 9.28. The Hall–Kier alpha value is -2.38. The van der Waals surface area contributed by atoms with Crippen LogP contribution in [0.15, 0.2) is 53.4 Å². The van der Waals surface area contributed by atoms with Crippen LogP contribution in [0.3, 0.4) is 0 Å². The maximum Gasteiger partial charge on any atom is 0.264 e. The van der Waals surface area contributed by atoms with Gasteiger partial charge in [-0.15, -0.1) is 0 Å². The van der Waals surface area contributed by atoms with E-state index in [1.807, 2.05) is 45.0 Å². The van der Waals surface area contributed by atoms with E-state index in [4.69, 9.17) is 0 Å². The molecule has 152 valence electrons. The van der Waals surface area contributed by atoms with Crippen LogP contribution in [0.25, 0.3) is 0 Å². The average Bonchev–Trinajstić information content (AvgIpc) is 2.64. The lowest BCUT2D eigenvalue weighted by Gasteiger charge is -2.25. The van der Waals surface area contributed by atoms with E-state index >= 15 is 0 Å². The second-order valence-corrected chi connectivity index (χ2v) is 8.98. The van der Waals surface area contributed by atoms with Gasteiger partial charge in [-0.05, 0) is 64.7 Å². The van der Waals surface area contributed by atoms with Gasteiger partial charge in [0.1, 0.15) is 6.54 Å². The number of aryl methyl sites for hydroxylation is 2. The van der Waals surface area contributed by atoms with Gasteiger partial charge in [0, 0.05) is 6.54 Å². The Morgan fingerprint density at radius 3 is 2.25 bits per heavy atom. The summed E-state index contributed by atoms with van der Waals surface area (Å²) in [5, 5.41) is 2.82. The first-order chi connectivity index (χ1) is 13.2. The second kappa shape index (κ2) is 9.71. The molecule has 0 heterocycles. The first kappa shape index (κ1) is 21.9. The van der Waals surface area contributed by atoms with Crippen LogP contribution in [0.1, 0.15) is 17.5 Å². The van der Waals surface area contributed by atoms with Gasteiger partial charge in [0.25, 0.3) is 10.0 Å².